The topological polar surface area (TPSA) is 328 Å². The number of benzene rings is 2. The van der Waals surface area contributed by atoms with E-state index in [0.717, 1.165) is 12.5 Å². The highest BCUT2D eigenvalue weighted by molar-refractivity contribution is 7.91. The molecule has 2 atom stereocenters. The molecule has 6 heterocycles. The molecule has 0 aliphatic rings. The summed E-state index contributed by atoms with van der Waals surface area (Å²) >= 11 is 5.46. The monoisotopic (exact) mass is 948 g/mol. The predicted molar refractivity (Wildman–Crippen MR) is 252 cm³/mol. The van der Waals surface area contributed by atoms with Crippen LogP contribution in [0.3, 0.4) is 0 Å². The molecule has 0 aliphatic heterocycles. The summed E-state index contributed by atoms with van der Waals surface area (Å²) in [4.78, 5) is 50.9. The van der Waals surface area contributed by atoms with Crippen molar-refractivity contribution in [2.75, 3.05) is 35.0 Å². The molecule has 20 nitrogen and oxygen atoms in total. The summed E-state index contributed by atoms with van der Waals surface area (Å²) in [5, 5.41) is 12.7. The summed E-state index contributed by atoms with van der Waals surface area (Å²) in [5.41, 5.74) is 24.3. The standard InChI is InChI=1S/C22H19N7O3S.C17H17N3O3S.C4H5ClN4/c1-13(27-21-15(11-23)20(24)25-12-26-21)19-18(14-7-3-4-8-16(14)33(2,31)32)22(30)29-10-6-5-9-17(29)28-19;1-11(18)16-15(12-7-3-4-8-13(12)24(2,22)23)17(21)20-10-6-5-9-14(20)19-16;5-3-2(6)4(7)9-1-8-3/h3-10,12-13H,1-2H3,(H3,24,25,26,27);3-11H,18H2,1-2H3;1H,6H2,(H2,7,8,9). The number of nitrogens with two attached hydrogens (primary N) is 4. The highest BCUT2D eigenvalue weighted by atomic mass is 35.5. The minimum atomic E-state index is -3.65. The minimum Gasteiger partial charge on any atom is -0.393 e. The minimum absolute atomic E-state index is 0.0105. The first kappa shape index (κ1) is 47.6. The molecular formula is C43H41ClN14O6S2. The average molecular weight is 949 g/mol. The molecule has 2 aromatic carbocycles. The van der Waals surface area contributed by atoms with Crippen LogP contribution in [0.5, 0.6) is 0 Å². The van der Waals surface area contributed by atoms with Gasteiger partial charge in [0.15, 0.2) is 30.6 Å². The Bertz CT molecular complexity index is 3520. The second kappa shape index (κ2) is 19.5. The van der Waals surface area contributed by atoms with Gasteiger partial charge < -0.3 is 28.3 Å². The zero-order valence-electron chi connectivity index (χ0n) is 35.5. The van der Waals surface area contributed by atoms with Crippen molar-refractivity contribution in [1.29, 1.82) is 5.26 Å². The van der Waals surface area contributed by atoms with Crippen LogP contribution in [0.2, 0.25) is 5.15 Å². The number of sulfone groups is 2. The van der Waals surface area contributed by atoms with Crippen molar-refractivity contribution in [1.82, 2.24) is 38.7 Å². The van der Waals surface area contributed by atoms with Crippen molar-refractivity contribution in [2.45, 2.75) is 35.7 Å². The maximum Gasteiger partial charge on any atom is 0.266 e. The first-order chi connectivity index (χ1) is 31.2. The van der Waals surface area contributed by atoms with Crippen LogP contribution in [-0.4, -0.2) is 68.1 Å². The normalized spacial score (nSPS) is 12.2. The largest absolute Gasteiger partial charge is 0.393 e. The summed E-state index contributed by atoms with van der Waals surface area (Å²) in [6.45, 7) is 3.45. The molecule has 0 fully saturated rings. The van der Waals surface area contributed by atoms with Crippen LogP contribution in [0.4, 0.5) is 23.1 Å². The average Bonchev–Trinajstić information content (AvgIpc) is 3.28. The lowest BCUT2D eigenvalue weighted by molar-refractivity contribution is 0.600. The van der Waals surface area contributed by atoms with Gasteiger partial charge in [-0.1, -0.05) is 60.1 Å². The number of nitrogens with one attached hydrogen (secondary N) is 1. The number of aromatic nitrogens is 8. The Balaban J connectivity index is 0.000000189. The van der Waals surface area contributed by atoms with Gasteiger partial charge in [-0.25, -0.2) is 46.7 Å². The molecule has 0 spiro atoms. The van der Waals surface area contributed by atoms with E-state index in [1.165, 1.54) is 33.6 Å². The third-order valence-corrected chi connectivity index (χ3v) is 12.3. The lowest BCUT2D eigenvalue weighted by Crippen LogP contribution is -2.24. The molecule has 23 heteroatoms. The summed E-state index contributed by atoms with van der Waals surface area (Å²) in [6, 6.07) is 23.8. The van der Waals surface area contributed by atoms with Crippen LogP contribution in [0.15, 0.2) is 129 Å². The number of nitriles is 1. The zero-order valence-corrected chi connectivity index (χ0v) is 37.9. The van der Waals surface area contributed by atoms with Crippen molar-refractivity contribution in [3.8, 4) is 28.3 Å². The number of rotatable bonds is 8. The molecule has 0 aliphatic carbocycles. The van der Waals surface area contributed by atoms with E-state index in [4.69, 9.17) is 34.5 Å². The van der Waals surface area contributed by atoms with E-state index in [9.17, 15) is 31.7 Å². The van der Waals surface area contributed by atoms with Gasteiger partial charge in [-0.2, -0.15) is 5.26 Å². The fourth-order valence-electron chi connectivity index (χ4n) is 6.63. The Kier molecular flexibility index (Phi) is 14.1. The van der Waals surface area contributed by atoms with Crippen LogP contribution in [-0.2, 0) is 19.7 Å². The first-order valence-electron chi connectivity index (χ1n) is 19.4. The molecule has 2 unspecified atom stereocenters. The molecule has 66 heavy (non-hydrogen) atoms. The van der Waals surface area contributed by atoms with Crippen LogP contribution in [0.25, 0.3) is 33.5 Å². The Hall–Kier alpha value is -7.84. The van der Waals surface area contributed by atoms with E-state index in [1.54, 1.807) is 99.0 Å². The molecule has 9 N–H and O–H groups in total. The number of anilines is 4. The fraction of sp³-hybridized carbons (Fsp3) is 0.140. The van der Waals surface area contributed by atoms with Gasteiger partial charge >= 0.3 is 0 Å². The van der Waals surface area contributed by atoms with Gasteiger partial charge in [-0.05, 0) is 50.2 Å². The highest BCUT2D eigenvalue weighted by Crippen LogP contribution is 2.33. The molecule has 0 bridgehead atoms. The van der Waals surface area contributed by atoms with Crippen molar-refractivity contribution >= 4 is 65.7 Å². The quantitative estimate of drug-likeness (QED) is 0.133. The van der Waals surface area contributed by atoms with Gasteiger partial charge in [-0.15, -0.1) is 0 Å². The Labute approximate surface area is 382 Å². The van der Waals surface area contributed by atoms with Gasteiger partial charge in [0.25, 0.3) is 11.1 Å². The number of fused-ring (bicyclic) bond motifs is 2. The van der Waals surface area contributed by atoms with Crippen LogP contribution < -0.4 is 39.4 Å². The van der Waals surface area contributed by atoms with E-state index in [2.05, 4.69) is 35.2 Å². The SMILES string of the molecule is CC(N)c1nc2ccccn2c(=O)c1-c1ccccc1S(C)(=O)=O.CC(Nc1ncnc(N)c1C#N)c1nc2ccccn2c(=O)c1-c1ccccc1S(C)(=O)=O.Nc1ncnc(Cl)c1N. The van der Waals surface area contributed by atoms with Gasteiger partial charge in [0.05, 0.1) is 38.3 Å². The smallest absolute Gasteiger partial charge is 0.266 e. The lowest BCUT2D eigenvalue weighted by atomic mass is 10.0. The molecule has 8 rings (SSSR count). The van der Waals surface area contributed by atoms with Crippen molar-refractivity contribution in [3.63, 3.8) is 0 Å². The van der Waals surface area contributed by atoms with E-state index >= 15 is 0 Å². The van der Waals surface area contributed by atoms with E-state index in [1.807, 2.05) is 6.07 Å². The predicted octanol–water partition coefficient (Wildman–Crippen LogP) is 4.26. The number of hydrogen-bond acceptors (Lipinski definition) is 18. The maximum absolute atomic E-state index is 13.6. The molecular weight excluding hydrogens is 908 g/mol. The zero-order chi connectivity index (χ0) is 48.1. The molecule has 0 saturated heterocycles. The Morgan fingerprint density at radius 3 is 1.59 bits per heavy atom. The Morgan fingerprint density at radius 1 is 0.667 bits per heavy atom. The third-order valence-electron chi connectivity index (χ3n) is 9.69. The maximum atomic E-state index is 13.6. The van der Waals surface area contributed by atoms with Gasteiger partial charge in [-0.3, -0.25) is 18.4 Å². The van der Waals surface area contributed by atoms with E-state index in [-0.39, 0.29) is 65.9 Å². The summed E-state index contributed by atoms with van der Waals surface area (Å²) in [7, 11) is -7.16. The van der Waals surface area contributed by atoms with Crippen molar-refractivity contribution in [2.24, 2.45) is 5.73 Å². The fourth-order valence-corrected chi connectivity index (χ4v) is 8.56. The summed E-state index contributed by atoms with van der Waals surface area (Å²) in [5.74, 6) is 0.404. The van der Waals surface area contributed by atoms with Gasteiger partial charge in [0.2, 0.25) is 0 Å². The van der Waals surface area contributed by atoms with Crippen molar-refractivity contribution in [3.05, 3.63) is 153 Å². The van der Waals surface area contributed by atoms with E-state index in [0.29, 0.717) is 28.2 Å². The Morgan fingerprint density at radius 2 is 1.12 bits per heavy atom. The first-order valence-corrected chi connectivity index (χ1v) is 23.6. The summed E-state index contributed by atoms with van der Waals surface area (Å²) < 4.78 is 52.0. The molecule has 6 aromatic heterocycles. The number of halogens is 1. The number of nitrogens with zero attached hydrogens (tertiary/aromatic N) is 9. The molecule has 338 valence electrons. The molecule has 0 saturated carbocycles. The number of hydrogen-bond donors (Lipinski definition) is 5. The number of nitrogen functional groups attached to an aromatic ring is 3. The summed E-state index contributed by atoms with van der Waals surface area (Å²) in [6.07, 6.45) is 7.84. The van der Waals surface area contributed by atoms with Crippen LogP contribution in [0.1, 0.15) is 42.9 Å². The van der Waals surface area contributed by atoms with E-state index < -0.39 is 37.3 Å². The molecule has 8 aromatic rings. The second-order valence-electron chi connectivity index (χ2n) is 14.5. The van der Waals surface area contributed by atoms with Gasteiger partial charge in [0, 0.05) is 42.1 Å². The van der Waals surface area contributed by atoms with Gasteiger partial charge in [0.1, 0.15) is 52.9 Å². The third kappa shape index (κ3) is 10.1. The molecule has 0 radical (unpaired) electrons. The van der Waals surface area contributed by atoms with Crippen molar-refractivity contribution < 1.29 is 16.8 Å². The van der Waals surface area contributed by atoms with Crippen LogP contribution >= 0.6 is 11.6 Å². The highest BCUT2D eigenvalue weighted by Gasteiger charge is 2.26. The molecule has 0 amide bonds. The lowest BCUT2D eigenvalue weighted by Gasteiger charge is -2.20. The second-order valence-corrected chi connectivity index (χ2v) is 18.8. The number of pyridine rings is 2. The van der Waals surface area contributed by atoms with Crippen LogP contribution in [0, 0.1) is 11.3 Å².